The van der Waals surface area contributed by atoms with E-state index in [1.54, 1.807) is 35.1 Å². The van der Waals surface area contributed by atoms with Crippen LogP contribution in [0, 0.1) is 13.8 Å². The van der Waals surface area contributed by atoms with Crippen molar-refractivity contribution < 1.29 is 9.53 Å². The number of carbonyl (C=O) groups is 1. The van der Waals surface area contributed by atoms with Gasteiger partial charge < -0.3 is 15.0 Å². The van der Waals surface area contributed by atoms with Crippen LogP contribution in [0.5, 0.6) is 11.6 Å². The van der Waals surface area contributed by atoms with Crippen LogP contribution in [0.25, 0.3) is 22.4 Å². The number of hydrogen-bond donors (Lipinski definition) is 1. The summed E-state index contributed by atoms with van der Waals surface area (Å²) in [6, 6.07) is 18.8. The Labute approximate surface area is 256 Å². The van der Waals surface area contributed by atoms with Gasteiger partial charge in [-0.25, -0.2) is 4.98 Å². The number of rotatable bonds is 7. The maximum absolute atomic E-state index is 13.3. The first-order chi connectivity index (χ1) is 20.7. The van der Waals surface area contributed by atoms with Crippen molar-refractivity contribution in [1.29, 1.82) is 0 Å². The number of fused-ring (bicyclic) bond motifs is 1. The number of ether oxygens (including phenoxy) is 1. The van der Waals surface area contributed by atoms with Crippen molar-refractivity contribution in [3.8, 4) is 23.0 Å². The van der Waals surface area contributed by atoms with Gasteiger partial charge in [-0.05, 0) is 86.1 Å². The molecular weight excluding hydrogens is 562 g/mol. The molecule has 1 aliphatic rings. The summed E-state index contributed by atoms with van der Waals surface area (Å²) < 4.78 is 8.04. The second kappa shape index (κ2) is 12.1. The second-order valence-electron chi connectivity index (χ2n) is 11.1. The van der Waals surface area contributed by atoms with Gasteiger partial charge in [-0.3, -0.25) is 14.4 Å². The molecule has 0 aliphatic carbocycles. The fourth-order valence-electron chi connectivity index (χ4n) is 5.16. The third-order valence-corrected chi connectivity index (χ3v) is 8.16. The molecule has 6 rings (SSSR count). The van der Waals surface area contributed by atoms with Crippen molar-refractivity contribution in [3.05, 3.63) is 94.1 Å². The average Bonchev–Trinajstić information content (AvgIpc) is 3.37. The fourth-order valence-corrected chi connectivity index (χ4v) is 5.28. The third-order valence-electron chi connectivity index (χ3n) is 7.91. The molecule has 0 bridgehead atoms. The molecule has 3 aromatic carbocycles. The van der Waals surface area contributed by atoms with Crippen molar-refractivity contribution >= 4 is 34.2 Å². The van der Waals surface area contributed by atoms with Crippen LogP contribution in [-0.4, -0.2) is 68.7 Å². The van der Waals surface area contributed by atoms with Gasteiger partial charge in [0.25, 0.3) is 5.91 Å². The molecule has 5 aromatic rings. The summed E-state index contributed by atoms with van der Waals surface area (Å²) in [6.07, 6.45) is 1.68. The van der Waals surface area contributed by atoms with E-state index in [0.29, 0.717) is 39.1 Å². The summed E-state index contributed by atoms with van der Waals surface area (Å²) in [5.74, 6) is 1.15. The highest BCUT2D eigenvalue weighted by molar-refractivity contribution is 6.30. The van der Waals surface area contributed by atoms with Gasteiger partial charge in [-0.1, -0.05) is 23.7 Å². The molecule has 1 aliphatic heterocycles. The predicted octanol–water partition coefficient (Wildman–Crippen LogP) is 6.09. The van der Waals surface area contributed by atoms with E-state index < -0.39 is 0 Å². The number of aromatic nitrogens is 4. The summed E-state index contributed by atoms with van der Waals surface area (Å²) >= 11 is 6.09. The second-order valence-corrected chi connectivity index (χ2v) is 11.6. The molecule has 0 unspecified atom stereocenters. The lowest BCUT2D eigenvalue weighted by Gasteiger charge is -2.32. The Morgan fingerprint density at radius 3 is 2.44 bits per heavy atom. The summed E-state index contributed by atoms with van der Waals surface area (Å²) in [6.45, 7) is 9.25. The molecule has 0 saturated carbocycles. The average molecular weight is 596 g/mol. The number of nitrogens with one attached hydrogen (secondary N) is 1. The van der Waals surface area contributed by atoms with Gasteiger partial charge in [-0.2, -0.15) is 10.1 Å². The first kappa shape index (κ1) is 28.8. The smallest absolute Gasteiger partial charge is 0.255 e. The minimum atomic E-state index is -0.216. The van der Waals surface area contributed by atoms with Gasteiger partial charge in [0, 0.05) is 61.6 Å². The third kappa shape index (κ3) is 6.39. The van der Waals surface area contributed by atoms with Crippen molar-refractivity contribution in [2.24, 2.45) is 7.05 Å². The zero-order valence-corrected chi connectivity index (χ0v) is 25.5. The van der Waals surface area contributed by atoms with Gasteiger partial charge in [0.05, 0.1) is 6.20 Å². The topological polar surface area (TPSA) is 88.4 Å². The molecule has 9 nitrogen and oxygen atoms in total. The zero-order valence-electron chi connectivity index (χ0n) is 24.8. The molecule has 3 heterocycles. The Balaban J connectivity index is 1.22. The van der Waals surface area contributed by atoms with Gasteiger partial charge in [-0.15, -0.1) is 0 Å². The van der Waals surface area contributed by atoms with Crippen molar-refractivity contribution in [2.45, 2.75) is 20.4 Å². The number of nitrogens with zero attached hydrogens (tertiary/aromatic N) is 6. The molecule has 0 spiro atoms. The number of hydrogen-bond acceptors (Lipinski definition) is 7. The van der Waals surface area contributed by atoms with E-state index in [2.05, 4.69) is 40.3 Å². The molecule has 1 N–H and O–H groups in total. The van der Waals surface area contributed by atoms with Crippen molar-refractivity contribution in [2.75, 3.05) is 38.5 Å². The minimum absolute atomic E-state index is 0.216. The normalized spacial score (nSPS) is 14.3. The Morgan fingerprint density at radius 2 is 1.70 bits per heavy atom. The monoisotopic (exact) mass is 595 g/mol. The highest BCUT2D eigenvalue weighted by Gasteiger charge is 2.18. The number of benzene rings is 3. The molecule has 0 atom stereocenters. The number of aryl methyl sites for hydroxylation is 3. The molecule has 0 radical (unpaired) electrons. The largest absolute Gasteiger partial charge is 0.438 e. The number of halogens is 1. The summed E-state index contributed by atoms with van der Waals surface area (Å²) in [4.78, 5) is 27.6. The van der Waals surface area contributed by atoms with E-state index >= 15 is 0 Å². The highest BCUT2D eigenvalue weighted by atomic mass is 35.5. The van der Waals surface area contributed by atoms with Crippen LogP contribution < -0.4 is 10.1 Å². The molecule has 1 fully saturated rings. The lowest BCUT2D eigenvalue weighted by molar-refractivity contribution is 0.102. The summed E-state index contributed by atoms with van der Waals surface area (Å²) in [7, 11) is 3.99. The van der Waals surface area contributed by atoms with Crippen molar-refractivity contribution in [3.63, 3.8) is 0 Å². The number of anilines is 1. The van der Waals surface area contributed by atoms with Crippen LogP contribution in [0.1, 0.15) is 27.0 Å². The first-order valence-electron chi connectivity index (χ1n) is 14.3. The van der Waals surface area contributed by atoms with Gasteiger partial charge in [0.2, 0.25) is 5.88 Å². The van der Waals surface area contributed by atoms with Gasteiger partial charge in [0.15, 0.2) is 11.5 Å². The van der Waals surface area contributed by atoms with Crippen LogP contribution in [0.2, 0.25) is 5.02 Å². The molecule has 43 heavy (non-hydrogen) atoms. The molecule has 220 valence electrons. The van der Waals surface area contributed by atoms with Crippen LogP contribution in [0.3, 0.4) is 0 Å². The lowest BCUT2D eigenvalue weighted by atomic mass is 10.1. The summed E-state index contributed by atoms with van der Waals surface area (Å²) in [5, 5.41) is 8.70. The Morgan fingerprint density at radius 1 is 0.930 bits per heavy atom. The standard InChI is InChI=1S/C33H34ClN7O2/c1-21-5-6-24(32(42)36-27-12-9-25(22(2)17-27)20-41-15-13-39(3)14-16-41)18-29(21)43-33-28-19-35-40(4)31(28)37-30(38-33)23-7-10-26(34)11-8-23/h5-12,17-19H,13-16,20H2,1-4H3,(H,36,42). The Kier molecular flexibility index (Phi) is 8.12. The van der Waals surface area contributed by atoms with E-state index in [0.717, 1.165) is 55.1 Å². The molecule has 2 aromatic heterocycles. The summed E-state index contributed by atoms with van der Waals surface area (Å²) in [5.41, 5.74) is 5.97. The van der Waals surface area contributed by atoms with E-state index in [4.69, 9.17) is 26.3 Å². The number of carbonyl (C=O) groups excluding carboxylic acids is 1. The van der Waals surface area contributed by atoms with Crippen LogP contribution in [0.15, 0.2) is 66.9 Å². The maximum Gasteiger partial charge on any atom is 0.255 e. The first-order valence-corrected chi connectivity index (χ1v) is 14.7. The van der Waals surface area contributed by atoms with Crippen LogP contribution in [-0.2, 0) is 13.6 Å². The molecule has 10 heteroatoms. The molecule has 1 amide bonds. The Bertz CT molecular complexity index is 1790. The van der Waals surface area contributed by atoms with E-state index in [1.807, 2.05) is 44.3 Å². The quantitative estimate of drug-likeness (QED) is 0.243. The fraction of sp³-hybridized carbons (Fsp3) is 0.273. The molecule has 1 saturated heterocycles. The van der Waals surface area contributed by atoms with Crippen molar-refractivity contribution in [1.82, 2.24) is 29.5 Å². The van der Waals surface area contributed by atoms with Crippen LogP contribution in [0.4, 0.5) is 5.69 Å². The minimum Gasteiger partial charge on any atom is -0.438 e. The predicted molar refractivity (Wildman–Crippen MR) is 170 cm³/mol. The number of likely N-dealkylation sites (N-methyl/N-ethyl adjacent to an activating group) is 1. The van der Waals surface area contributed by atoms with Gasteiger partial charge >= 0.3 is 0 Å². The number of piperazine rings is 1. The highest BCUT2D eigenvalue weighted by Crippen LogP contribution is 2.32. The molecular formula is C33H34ClN7O2. The van der Waals surface area contributed by atoms with Gasteiger partial charge in [0.1, 0.15) is 11.1 Å². The van der Waals surface area contributed by atoms with Crippen LogP contribution >= 0.6 is 11.6 Å². The van der Waals surface area contributed by atoms with E-state index in [-0.39, 0.29) is 5.91 Å². The zero-order chi connectivity index (χ0) is 30.1. The number of amides is 1. The Hall–Kier alpha value is -4.31. The maximum atomic E-state index is 13.3. The van der Waals surface area contributed by atoms with E-state index in [1.165, 1.54) is 5.56 Å². The lowest BCUT2D eigenvalue weighted by Crippen LogP contribution is -2.43. The SMILES string of the molecule is Cc1cc(NC(=O)c2ccc(C)c(Oc3nc(-c4ccc(Cl)cc4)nc4c3cnn4C)c2)ccc1CN1CCN(C)CC1. The van der Waals surface area contributed by atoms with E-state index in [9.17, 15) is 4.79 Å².